The number of carbonyl (C=O) groups excluding carboxylic acids is 1. The lowest BCUT2D eigenvalue weighted by Crippen LogP contribution is -2.38. The van der Waals surface area contributed by atoms with Crippen LogP contribution in [0.4, 0.5) is 10.3 Å². The lowest BCUT2D eigenvalue weighted by molar-refractivity contribution is -0.149. The van der Waals surface area contributed by atoms with Gasteiger partial charge in [-0.1, -0.05) is 29.8 Å². The molecule has 0 fully saturated rings. The smallest absolute Gasteiger partial charge is 0.323 e. The van der Waals surface area contributed by atoms with Gasteiger partial charge in [0.15, 0.2) is 23.0 Å². The number of anilines is 1. The molecule has 2 unspecified atom stereocenters. The van der Waals surface area contributed by atoms with Crippen LogP contribution < -0.4 is 20.1 Å². The topological polar surface area (TPSA) is 165 Å². The molecule has 226 valence electrons. The van der Waals surface area contributed by atoms with Gasteiger partial charge >= 0.3 is 12.6 Å². The largest absolute Gasteiger partial charge is 0.476 e. The number of halogens is 2. The molecule has 3 rings (SSSR count). The number of rotatable bonds is 16. The number of aliphatic hydroxyl groups is 1. The standard InChI is InChI=1S/C24H33ClFN6O7PS/c1-5-35-22-19-21(29-24(27)30-22)32(13-28-19)18(11-26)38-17(20(25)33)12-36-40(41,39-16-9-7-6-8-10-16)31-15(4)23(34)37-14(2)3/h6-10,13-15,17-18,20,33H,5,11-12H2,1-4H3,(H,31,41)(H2,27,29,30)/t15?,17-,18-,20-,40?/m1/s1. The minimum atomic E-state index is -3.49. The first-order chi connectivity index (χ1) is 19.5. The van der Waals surface area contributed by atoms with E-state index in [1.807, 2.05) is 0 Å². The first kappa shape index (κ1) is 32.9. The second-order valence-corrected chi connectivity index (χ2v) is 12.4. The van der Waals surface area contributed by atoms with Crippen LogP contribution in [-0.4, -0.2) is 74.3 Å². The molecule has 1 aromatic carbocycles. The average molecular weight is 635 g/mol. The second-order valence-electron chi connectivity index (χ2n) is 8.83. The van der Waals surface area contributed by atoms with Crippen LogP contribution in [0.15, 0.2) is 36.7 Å². The monoisotopic (exact) mass is 634 g/mol. The Morgan fingerprint density at radius 3 is 2.59 bits per heavy atom. The number of nitrogen functional groups attached to an aromatic ring is 1. The van der Waals surface area contributed by atoms with Gasteiger partial charge in [-0.25, -0.2) is 14.5 Å². The van der Waals surface area contributed by atoms with Crippen LogP contribution in [-0.2, 0) is 30.6 Å². The van der Waals surface area contributed by atoms with Crippen LogP contribution in [0.2, 0.25) is 0 Å². The molecular weight excluding hydrogens is 602 g/mol. The van der Waals surface area contributed by atoms with Gasteiger partial charge in [0.2, 0.25) is 11.8 Å². The summed E-state index contributed by atoms with van der Waals surface area (Å²) in [4.78, 5) is 24.8. The van der Waals surface area contributed by atoms with Gasteiger partial charge in [0.1, 0.15) is 24.6 Å². The molecule has 2 aromatic heterocycles. The van der Waals surface area contributed by atoms with Crippen LogP contribution in [0.1, 0.15) is 33.9 Å². The van der Waals surface area contributed by atoms with E-state index in [0.717, 1.165) is 0 Å². The average Bonchev–Trinajstić information content (AvgIpc) is 3.32. The predicted octanol–water partition coefficient (Wildman–Crippen LogP) is 3.47. The Bertz CT molecular complexity index is 1340. The van der Waals surface area contributed by atoms with Crippen molar-refractivity contribution in [2.75, 3.05) is 25.6 Å². The van der Waals surface area contributed by atoms with Crippen molar-refractivity contribution < 1.29 is 37.5 Å². The molecule has 0 spiro atoms. The zero-order chi connectivity index (χ0) is 30.2. The molecule has 0 radical (unpaired) electrons. The Hall–Kier alpha value is -2.65. The second kappa shape index (κ2) is 15.0. The molecule has 0 aliphatic heterocycles. The summed E-state index contributed by atoms with van der Waals surface area (Å²) in [5.41, 5.74) is 4.53. The van der Waals surface area contributed by atoms with Crippen LogP contribution in [0.3, 0.4) is 0 Å². The van der Waals surface area contributed by atoms with Crippen molar-refractivity contribution in [2.24, 2.45) is 0 Å². The molecule has 13 nitrogen and oxygen atoms in total. The van der Waals surface area contributed by atoms with Gasteiger partial charge in [0, 0.05) is 0 Å². The number of benzene rings is 1. The fraction of sp³-hybridized carbons (Fsp3) is 0.500. The number of aliphatic hydroxyl groups excluding tert-OH is 1. The number of para-hydroxylation sites is 1. The fourth-order valence-corrected chi connectivity index (χ4v) is 5.97. The van der Waals surface area contributed by atoms with E-state index in [0.29, 0.717) is 5.75 Å². The van der Waals surface area contributed by atoms with E-state index in [4.69, 9.17) is 52.4 Å². The van der Waals surface area contributed by atoms with E-state index in [2.05, 4.69) is 20.0 Å². The molecule has 17 heteroatoms. The van der Waals surface area contributed by atoms with E-state index in [-0.39, 0.29) is 35.7 Å². The van der Waals surface area contributed by atoms with Gasteiger partial charge in [-0.05, 0) is 51.6 Å². The minimum absolute atomic E-state index is 0.118. The highest BCUT2D eigenvalue weighted by atomic mass is 35.5. The van der Waals surface area contributed by atoms with Crippen LogP contribution in [0.5, 0.6) is 11.6 Å². The summed E-state index contributed by atoms with van der Waals surface area (Å²) in [5, 5.41) is 13.1. The molecule has 0 bridgehead atoms. The zero-order valence-corrected chi connectivity index (χ0v) is 25.3. The molecule has 3 aromatic rings. The summed E-state index contributed by atoms with van der Waals surface area (Å²) in [6.45, 7) is 2.01. The highest BCUT2D eigenvalue weighted by molar-refractivity contribution is 8.09. The van der Waals surface area contributed by atoms with E-state index in [1.165, 1.54) is 10.9 Å². The Balaban J connectivity index is 1.83. The van der Waals surface area contributed by atoms with E-state index >= 15 is 0 Å². The third kappa shape index (κ3) is 9.17. The van der Waals surface area contributed by atoms with Crippen molar-refractivity contribution in [3.63, 3.8) is 0 Å². The number of nitrogens with one attached hydrogen (secondary N) is 1. The van der Waals surface area contributed by atoms with E-state index in [9.17, 15) is 14.3 Å². The van der Waals surface area contributed by atoms with Crippen molar-refractivity contribution >= 4 is 53.1 Å². The first-order valence-electron chi connectivity index (χ1n) is 12.6. The Kier molecular flexibility index (Phi) is 12.0. The van der Waals surface area contributed by atoms with E-state index in [1.54, 1.807) is 58.0 Å². The summed E-state index contributed by atoms with van der Waals surface area (Å²) in [5.74, 6) is -0.201. The highest BCUT2D eigenvalue weighted by Crippen LogP contribution is 2.46. The third-order valence-corrected chi connectivity index (χ3v) is 7.98. The predicted molar refractivity (Wildman–Crippen MR) is 154 cm³/mol. The SMILES string of the molecule is CCOc1nc(N)nc2c1ncn2[C@@H](CF)O[C@H](COP(=S)(NC(C)C(=O)OC(C)C)Oc1ccccc1)[C@@H](O)Cl. The number of alkyl halides is 2. The summed E-state index contributed by atoms with van der Waals surface area (Å²) in [6.07, 6.45) is -1.75. The molecule has 0 saturated carbocycles. The molecule has 4 N–H and O–H groups in total. The van der Waals surface area contributed by atoms with Gasteiger partial charge in [0.05, 0.1) is 25.6 Å². The molecular formula is C24H33ClFN6O7PS. The number of nitrogens with zero attached hydrogens (tertiary/aromatic N) is 4. The minimum Gasteiger partial charge on any atom is -0.476 e. The number of carbonyl (C=O) groups is 1. The summed E-state index contributed by atoms with van der Waals surface area (Å²) in [7, 11) is 0. The molecule has 0 amide bonds. The van der Waals surface area contributed by atoms with Gasteiger partial charge in [-0.2, -0.15) is 9.97 Å². The van der Waals surface area contributed by atoms with Crippen molar-refractivity contribution in [1.29, 1.82) is 0 Å². The van der Waals surface area contributed by atoms with Gasteiger partial charge in [-0.15, -0.1) is 0 Å². The maximum Gasteiger partial charge on any atom is 0.323 e. The van der Waals surface area contributed by atoms with Crippen molar-refractivity contribution in [3.8, 4) is 11.6 Å². The zero-order valence-electron chi connectivity index (χ0n) is 22.8. The molecule has 5 atom stereocenters. The molecule has 41 heavy (non-hydrogen) atoms. The quantitative estimate of drug-likeness (QED) is 0.119. The number of nitrogens with two attached hydrogens (primary N) is 1. The number of imidazole rings is 1. The van der Waals surface area contributed by atoms with Crippen molar-refractivity contribution in [2.45, 2.75) is 57.7 Å². The normalized spacial score (nSPS) is 16.1. The lowest BCUT2D eigenvalue weighted by Gasteiger charge is -2.30. The number of aromatic nitrogens is 4. The number of hydrogen-bond donors (Lipinski definition) is 3. The van der Waals surface area contributed by atoms with Crippen molar-refractivity contribution in [1.82, 2.24) is 24.6 Å². The lowest BCUT2D eigenvalue weighted by atomic mass is 10.3. The maximum atomic E-state index is 14.3. The molecule has 0 aliphatic carbocycles. The number of ether oxygens (including phenoxy) is 3. The van der Waals surface area contributed by atoms with E-state index < -0.39 is 49.8 Å². The number of esters is 1. The number of fused-ring (bicyclic) bond motifs is 1. The third-order valence-electron chi connectivity index (χ3n) is 5.20. The molecule has 2 heterocycles. The number of hydrogen-bond acceptors (Lipinski definition) is 12. The van der Waals surface area contributed by atoms with Gasteiger partial charge in [-0.3, -0.25) is 9.36 Å². The Morgan fingerprint density at radius 2 is 1.98 bits per heavy atom. The fourth-order valence-electron chi connectivity index (χ4n) is 3.42. The Labute approximate surface area is 246 Å². The van der Waals surface area contributed by atoms with Crippen LogP contribution in [0.25, 0.3) is 11.2 Å². The summed E-state index contributed by atoms with van der Waals surface area (Å²) in [6, 6.07) is 7.64. The van der Waals surface area contributed by atoms with Crippen LogP contribution >= 0.6 is 18.2 Å². The molecule has 0 aliphatic rings. The molecule has 0 saturated heterocycles. The van der Waals surface area contributed by atoms with Crippen LogP contribution in [0, 0.1) is 0 Å². The van der Waals surface area contributed by atoms with Gasteiger partial charge in [0.25, 0.3) is 0 Å². The first-order valence-corrected chi connectivity index (χ1v) is 15.7. The highest BCUT2D eigenvalue weighted by Gasteiger charge is 2.32. The Morgan fingerprint density at radius 1 is 1.27 bits per heavy atom. The van der Waals surface area contributed by atoms with Gasteiger partial charge < -0.3 is 34.1 Å². The van der Waals surface area contributed by atoms with Crippen molar-refractivity contribution in [3.05, 3.63) is 36.7 Å². The summed E-state index contributed by atoms with van der Waals surface area (Å²) >= 11 is 11.7. The summed E-state index contributed by atoms with van der Waals surface area (Å²) < 4.78 is 43.9. The maximum absolute atomic E-state index is 14.3.